The highest BCUT2D eigenvalue weighted by Crippen LogP contribution is 2.20. The SMILES string of the molecule is OC(CNc1ccc(F)cn1)C(F)(F)F. The van der Waals surface area contributed by atoms with Crippen LogP contribution in [-0.2, 0) is 0 Å². The fourth-order valence-corrected chi connectivity index (χ4v) is 0.797. The fourth-order valence-electron chi connectivity index (χ4n) is 0.797. The van der Waals surface area contributed by atoms with Crippen LogP contribution in [0.4, 0.5) is 23.4 Å². The maximum absolute atomic E-state index is 12.4. The Balaban J connectivity index is 2.47. The van der Waals surface area contributed by atoms with Gasteiger partial charge in [0.25, 0.3) is 0 Å². The number of aromatic nitrogens is 1. The van der Waals surface area contributed by atoms with Crippen molar-refractivity contribution in [3.63, 3.8) is 0 Å². The van der Waals surface area contributed by atoms with Crippen molar-refractivity contribution in [3.05, 3.63) is 24.1 Å². The third-order valence-electron chi connectivity index (χ3n) is 1.58. The molecule has 0 fully saturated rings. The topological polar surface area (TPSA) is 45.1 Å². The largest absolute Gasteiger partial charge is 0.416 e. The zero-order valence-electron chi connectivity index (χ0n) is 7.42. The minimum Gasteiger partial charge on any atom is -0.382 e. The number of halogens is 4. The molecular formula is C8H8F4N2O. The maximum atomic E-state index is 12.4. The Morgan fingerprint density at radius 2 is 2.07 bits per heavy atom. The highest BCUT2D eigenvalue weighted by atomic mass is 19.4. The van der Waals surface area contributed by atoms with Gasteiger partial charge in [0.2, 0.25) is 0 Å². The van der Waals surface area contributed by atoms with E-state index in [1.54, 1.807) is 0 Å². The van der Waals surface area contributed by atoms with Crippen LogP contribution in [0.2, 0.25) is 0 Å². The first-order valence-corrected chi connectivity index (χ1v) is 4.00. The Morgan fingerprint density at radius 1 is 1.40 bits per heavy atom. The molecule has 84 valence electrons. The van der Waals surface area contributed by atoms with Crippen molar-refractivity contribution in [1.82, 2.24) is 4.98 Å². The Hall–Kier alpha value is -1.37. The summed E-state index contributed by atoms with van der Waals surface area (Å²) in [6.07, 6.45) is -6.28. The molecule has 0 spiro atoms. The van der Waals surface area contributed by atoms with Crippen LogP contribution in [-0.4, -0.2) is 28.9 Å². The van der Waals surface area contributed by atoms with E-state index in [0.717, 1.165) is 12.3 Å². The lowest BCUT2D eigenvalue weighted by atomic mass is 10.3. The number of nitrogens with one attached hydrogen (secondary N) is 1. The number of hydrogen-bond donors (Lipinski definition) is 2. The van der Waals surface area contributed by atoms with E-state index in [1.807, 2.05) is 0 Å². The molecule has 1 heterocycles. The van der Waals surface area contributed by atoms with Crippen LogP contribution in [0, 0.1) is 5.82 Å². The number of rotatable bonds is 3. The first kappa shape index (κ1) is 11.7. The Labute approximate surface area is 82.8 Å². The van der Waals surface area contributed by atoms with E-state index in [1.165, 1.54) is 6.07 Å². The molecule has 1 atom stereocenters. The Kier molecular flexibility index (Phi) is 3.46. The summed E-state index contributed by atoms with van der Waals surface area (Å²) in [6, 6.07) is 2.23. The van der Waals surface area contributed by atoms with Gasteiger partial charge in [-0.05, 0) is 12.1 Å². The van der Waals surface area contributed by atoms with Crippen LogP contribution in [0.3, 0.4) is 0 Å². The molecule has 0 aliphatic rings. The van der Waals surface area contributed by atoms with E-state index < -0.39 is 24.6 Å². The summed E-state index contributed by atoms with van der Waals surface area (Å²) in [6.45, 7) is -0.720. The standard InChI is InChI=1S/C8H8F4N2O/c9-5-1-2-7(13-3-5)14-4-6(15)8(10,11)12/h1-3,6,15H,4H2,(H,13,14). The average molecular weight is 224 g/mol. The molecule has 1 unspecified atom stereocenters. The van der Waals surface area contributed by atoms with Gasteiger partial charge in [0.15, 0.2) is 6.10 Å². The lowest BCUT2D eigenvalue weighted by Crippen LogP contribution is -2.35. The van der Waals surface area contributed by atoms with Gasteiger partial charge in [0.05, 0.1) is 12.7 Å². The number of alkyl halides is 3. The zero-order chi connectivity index (χ0) is 11.5. The lowest BCUT2D eigenvalue weighted by molar-refractivity contribution is -0.198. The van der Waals surface area contributed by atoms with Crippen molar-refractivity contribution in [2.45, 2.75) is 12.3 Å². The number of hydrogen-bond acceptors (Lipinski definition) is 3. The third-order valence-corrected chi connectivity index (χ3v) is 1.58. The highest BCUT2D eigenvalue weighted by Gasteiger charge is 2.37. The first-order chi connectivity index (χ1) is 6.89. The van der Waals surface area contributed by atoms with Crippen LogP contribution in [0.15, 0.2) is 18.3 Å². The summed E-state index contributed by atoms with van der Waals surface area (Å²) in [5, 5.41) is 10.8. The molecular weight excluding hydrogens is 216 g/mol. The number of pyridine rings is 1. The second kappa shape index (κ2) is 4.43. The summed E-state index contributed by atoms with van der Waals surface area (Å²) in [7, 11) is 0. The minimum absolute atomic E-state index is 0.0692. The summed E-state index contributed by atoms with van der Waals surface area (Å²) < 4.78 is 47.9. The monoisotopic (exact) mass is 224 g/mol. The molecule has 0 saturated carbocycles. The molecule has 0 bridgehead atoms. The van der Waals surface area contributed by atoms with Crippen LogP contribution in [0.1, 0.15) is 0 Å². The van der Waals surface area contributed by atoms with E-state index in [4.69, 9.17) is 5.11 Å². The maximum Gasteiger partial charge on any atom is 0.416 e. The lowest BCUT2D eigenvalue weighted by Gasteiger charge is -2.15. The van der Waals surface area contributed by atoms with Crippen molar-refractivity contribution in [1.29, 1.82) is 0 Å². The van der Waals surface area contributed by atoms with Crippen LogP contribution in [0.5, 0.6) is 0 Å². The first-order valence-electron chi connectivity index (χ1n) is 4.00. The molecule has 1 aromatic heterocycles. The van der Waals surface area contributed by atoms with E-state index >= 15 is 0 Å². The van der Waals surface area contributed by atoms with Gasteiger partial charge in [-0.3, -0.25) is 0 Å². The number of anilines is 1. The minimum atomic E-state index is -4.67. The molecule has 0 aromatic carbocycles. The Bertz CT molecular complexity index is 311. The normalized spacial score (nSPS) is 13.7. The average Bonchev–Trinajstić information content (AvgIpc) is 2.15. The number of aliphatic hydroxyl groups is 1. The van der Waals surface area contributed by atoms with E-state index in [2.05, 4.69) is 10.3 Å². The van der Waals surface area contributed by atoms with Gasteiger partial charge in [-0.15, -0.1) is 0 Å². The van der Waals surface area contributed by atoms with E-state index in [0.29, 0.717) is 0 Å². The van der Waals surface area contributed by atoms with Crippen LogP contribution in [0.25, 0.3) is 0 Å². The molecule has 0 saturated heterocycles. The number of nitrogens with zero attached hydrogens (tertiary/aromatic N) is 1. The molecule has 0 amide bonds. The predicted octanol–water partition coefficient (Wildman–Crippen LogP) is 1.56. The van der Waals surface area contributed by atoms with Gasteiger partial charge < -0.3 is 10.4 Å². The zero-order valence-corrected chi connectivity index (χ0v) is 7.42. The summed E-state index contributed by atoms with van der Waals surface area (Å²) >= 11 is 0. The predicted molar refractivity (Wildman–Crippen MR) is 44.7 cm³/mol. The summed E-state index contributed by atoms with van der Waals surface area (Å²) in [5.41, 5.74) is 0. The van der Waals surface area contributed by atoms with Crippen molar-refractivity contribution in [2.24, 2.45) is 0 Å². The van der Waals surface area contributed by atoms with Crippen molar-refractivity contribution in [2.75, 3.05) is 11.9 Å². The molecule has 2 N–H and O–H groups in total. The van der Waals surface area contributed by atoms with Gasteiger partial charge in [0.1, 0.15) is 11.6 Å². The third kappa shape index (κ3) is 3.70. The second-order valence-corrected chi connectivity index (χ2v) is 2.80. The molecule has 0 aliphatic heterocycles. The van der Waals surface area contributed by atoms with Gasteiger partial charge >= 0.3 is 6.18 Å². The van der Waals surface area contributed by atoms with Gasteiger partial charge in [-0.2, -0.15) is 13.2 Å². The summed E-state index contributed by atoms with van der Waals surface area (Å²) in [5.74, 6) is -0.517. The van der Waals surface area contributed by atoms with Gasteiger partial charge in [0, 0.05) is 0 Å². The molecule has 7 heteroatoms. The highest BCUT2D eigenvalue weighted by molar-refractivity contribution is 5.33. The van der Waals surface area contributed by atoms with Crippen molar-refractivity contribution in [3.8, 4) is 0 Å². The molecule has 15 heavy (non-hydrogen) atoms. The Morgan fingerprint density at radius 3 is 2.53 bits per heavy atom. The van der Waals surface area contributed by atoms with Gasteiger partial charge in [-0.1, -0.05) is 0 Å². The second-order valence-electron chi connectivity index (χ2n) is 2.80. The van der Waals surface area contributed by atoms with Crippen LogP contribution >= 0.6 is 0 Å². The van der Waals surface area contributed by atoms with Crippen molar-refractivity contribution >= 4 is 5.82 Å². The molecule has 1 aromatic rings. The fraction of sp³-hybridized carbons (Fsp3) is 0.375. The quantitative estimate of drug-likeness (QED) is 0.766. The van der Waals surface area contributed by atoms with E-state index in [-0.39, 0.29) is 5.82 Å². The molecule has 0 radical (unpaired) electrons. The van der Waals surface area contributed by atoms with E-state index in [9.17, 15) is 17.6 Å². The molecule has 1 rings (SSSR count). The smallest absolute Gasteiger partial charge is 0.382 e. The summed E-state index contributed by atoms with van der Waals surface area (Å²) in [4.78, 5) is 3.47. The van der Waals surface area contributed by atoms with Gasteiger partial charge in [-0.25, -0.2) is 9.37 Å². The number of aliphatic hydroxyl groups excluding tert-OH is 1. The van der Waals surface area contributed by atoms with Crippen LogP contribution < -0.4 is 5.32 Å². The molecule has 0 aliphatic carbocycles. The molecule has 3 nitrogen and oxygen atoms in total. The van der Waals surface area contributed by atoms with Crippen molar-refractivity contribution < 1.29 is 22.7 Å².